The van der Waals surface area contributed by atoms with Gasteiger partial charge in [0.2, 0.25) is 0 Å². The molecule has 0 unspecified atom stereocenters. The van der Waals surface area contributed by atoms with E-state index in [1.807, 2.05) is 0 Å². The summed E-state index contributed by atoms with van der Waals surface area (Å²) >= 11 is 0. The Kier molecular flexibility index (Phi) is 4.51. The van der Waals surface area contributed by atoms with Crippen LogP contribution in [0, 0.1) is 0 Å². The lowest BCUT2D eigenvalue weighted by Crippen LogP contribution is -2.39. The molecule has 0 bridgehead atoms. The monoisotopic (exact) mass is 274 g/mol. The summed E-state index contributed by atoms with van der Waals surface area (Å²) in [5.41, 5.74) is 8.43. The maximum absolute atomic E-state index is 5.74. The van der Waals surface area contributed by atoms with Crippen molar-refractivity contribution in [3.63, 3.8) is 0 Å². The second-order valence-corrected chi connectivity index (χ2v) is 6.10. The highest BCUT2D eigenvalue weighted by molar-refractivity contribution is 5.51. The lowest BCUT2D eigenvalue weighted by atomic mass is 9.93. The summed E-state index contributed by atoms with van der Waals surface area (Å²) in [6.07, 6.45) is 13.0. The van der Waals surface area contributed by atoms with Crippen molar-refractivity contribution in [2.24, 2.45) is 5.73 Å². The maximum Gasteiger partial charge on any atom is 0.135 e. The van der Waals surface area contributed by atoms with Crippen molar-refractivity contribution in [3.05, 3.63) is 17.6 Å². The summed E-state index contributed by atoms with van der Waals surface area (Å²) in [4.78, 5) is 11.7. The molecule has 4 heteroatoms. The van der Waals surface area contributed by atoms with Crippen molar-refractivity contribution in [3.8, 4) is 0 Å². The summed E-state index contributed by atoms with van der Waals surface area (Å²) in [6, 6.07) is 0.662. The van der Waals surface area contributed by atoms with Gasteiger partial charge in [-0.15, -0.1) is 0 Å². The molecule has 0 radical (unpaired) electrons. The van der Waals surface area contributed by atoms with Crippen molar-refractivity contribution < 1.29 is 0 Å². The van der Waals surface area contributed by atoms with Gasteiger partial charge < -0.3 is 10.6 Å². The number of fused-ring (bicyclic) bond motifs is 1. The van der Waals surface area contributed by atoms with E-state index in [2.05, 4.69) is 14.9 Å². The van der Waals surface area contributed by atoms with Crippen LogP contribution >= 0.6 is 0 Å². The van der Waals surface area contributed by atoms with E-state index in [1.165, 1.54) is 55.6 Å². The third-order valence-corrected chi connectivity index (χ3v) is 4.74. The van der Waals surface area contributed by atoms with Crippen molar-refractivity contribution in [1.82, 2.24) is 9.97 Å². The van der Waals surface area contributed by atoms with Gasteiger partial charge in [0.15, 0.2) is 0 Å². The van der Waals surface area contributed by atoms with E-state index < -0.39 is 0 Å². The van der Waals surface area contributed by atoms with Gasteiger partial charge in [-0.2, -0.15) is 0 Å². The molecule has 2 N–H and O–H groups in total. The van der Waals surface area contributed by atoms with E-state index in [9.17, 15) is 0 Å². The SMILES string of the molecule is NCCCN(c1ncnc2c1CCC2)C1CCCCC1. The Hall–Kier alpha value is -1.16. The molecule has 0 atom stereocenters. The Balaban J connectivity index is 1.86. The number of anilines is 1. The minimum absolute atomic E-state index is 0.662. The van der Waals surface area contributed by atoms with Gasteiger partial charge in [0, 0.05) is 23.8 Å². The molecule has 1 aromatic heterocycles. The number of hydrogen-bond donors (Lipinski definition) is 1. The van der Waals surface area contributed by atoms with Crippen LogP contribution in [-0.4, -0.2) is 29.1 Å². The summed E-state index contributed by atoms with van der Waals surface area (Å²) in [7, 11) is 0. The Labute approximate surface area is 121 Å². The van der Waals surface area contributed by atoms with E-state index in [0.717, 1.165) is 32.4 Å². The predicted molar refractivity (Wildman–Crippen MR) is 81.9 cm³/mol. The van der Waals surface area contributed by atoms with Gasteiger partial charge in [-0.25, -0.2) is 9.97 Å². The average Bonchev–Trinajstić information content (AvgIpc) is 2.98. The molecule has 1 aromatic rings. The summed E-state index contributed by atoms with van der Waals surface area (Å²) in [6.45, 7) is 1.81. The van der Waals surface area contributed by atoms with Gasteiger partial charge >= 0.3 is 0 Å². The van der Waals surface area contributed by atoms with Gasteiger partial charge in [0.25, 0.3) is 0 Å². The number of hydrogen-bond acceptors (Lipinski definition) is 4. The molecule has 0 spiro atoms. The van der Waals surface area contributed by atoms with Gasteiger partial charge in [-0.3, -0.25) is 0 Å². The van der Waals surface area contributed by atoms with E-state index >= 15 is 0 Å². The largest absolute Gasteiger partial charge is 0.353 e. The average molecular weight is 274 g/mol. The Bertz CT molecular complexity index is 440. The Morgan fingerprint density at radius 1 is 1.10 bits per heavy atom. The van der Waals surface area contributed by atoms with Crippen molar-refractivity contribution in [2.75, 3.05) is 18.0 Å². The highest BCUT2D eigenvalue weighted by Crippen LogP contribution is 2.32. The normalized spacial score (nSPS) is 19.1. The quantitative estimate of drug-likeness (QED) is 0.896. The molecule has 110 valence electrons. The zero-order chi connectivity index (χ0) is 13.8. The molecule has 3 rings (SSSR count). The number of aromatic nitrogens is 2. The van der Waals surface area contributed by atoms with Crippen LogP contribution in [0.1, 0.15) is 56.2 Å². The minimum atomic E-state index is 0.662. The van der Waals surface area contributed by atoms with Gasteiger partial charge in [-0.1, -0.05) is 19.3 Å². The summed E-state index contributed by atoms with van der Waals surface area (Å²) < 4.78 is 0. The fourth-order valence-corrected chi connectivity index (χ4v) is 3.71. The van der Waals surface area contributed by atoms with Gasteiger partial charge in [0.1, 0.15) is 12.1 Å². The molecule has 2 aliphatic carbocycles. The van der Waals surface area contributed by atoms with Crippen LogP contribution in [0.3, 0.4) is 0 Å². The number of nitrogens with zero attached hydrogens (tertiary/aromatic N) is 3. The number of aryl methyl sites for hydroxylation is 1. The first-order valence-corrected chi connectivity index (χ1v) is 8.19. The van der Waals surface area contributed by atoms with E-state index in [1.54, 1.807) is 6.33 Å². The molecule has 0 aliphatic heterocycles. The Morgan fingerprint density at radius 2 is 1.95 bits per heavy atom. The molecular weight excluding hydrogens is 248 g/mol. The second kappa shape index (κ2) is 6.53. The predicted octanol–water partition coefficient (Wildman–Crippen LogP) is 2.45. The lowest BCUT2D eigenvalue weighted by molar-refractivity contribution is 0.410. The molecule has 0 aromatic carbocycles. The van der Waals surface area contributed by atoms with Crippen molar-refractivity contribution in [2.45, 2.75) is 63.8 Å². The fraction of sp³-hybridized carbons (Fsp3) is 0.750. The zero-order valence-electron chi connectivity index (χ0n) is 12.4. The minimum Gasteiger partial charge on any atom is -0.353 e. The molecule has 1 saturated carbocycles. The van der Waals surface area contributed by atoms with Gasteiger partial charge in [-0.05, 0) is 45.1 Å². The smallest absolute Gasteiger partial charge is 0.135 e. The van der Waals surface area contributed by atoms with Crippen LogP contribution in [0.15, 0.2) is 6.33 Å². The maximum atomic E-state index is 5.74. The second-order valence-electron chi connectivity index (χ2n) is 6.10. The molecule has 0 amide bonds. The van der Waals surface area contributed by atoms with Crippen LogP contribution in [0.5, 0.6) is 0 Å². The molecule has 1 fully saturated rings. The summed E-state index contributed by atoms with van der Waals surface area (Å²) in [5, 5.41) is 0. The van der Waals surface area contributed by atoms with Crippen LogP contribution in [0.2, 0.25) is 0 Å². The first-order chi connectivity index (χ1) is 9.90. The van der Waals surface area contributed by atoms with E-state index in [4.69, 9.17) is 5.73 Å². The molecule has 1 heterocycles. The first-order valence-electron chi connectivity index (χ1n) is 8.19. The van der Waals surface area contributed by atoms with Crippen LogP contribution in [0.25, 0.3) is 0 Å². The van der Waals surface area contributed by atoms with Gasteiger partial charge in [0.05, 0.1) is 0 Å². The van der Waals surface area contributed by atoms with Crippen LogP contribution < -0.4 is 10.6 Å². The summed E-state index contributed by atoms with van der Waals surface area (Å²) in [5.74, 6) is 1.22. The highest BCUT2D eigenvalue weighted by Gasteiger charge is 2.26. The molecule has 0 saturated heterocycles. The molecule has 2 aliphatic rings. The molecular formula is C16H26N4. The third-order valence-electron chi connectivity index (χ3n) is 4.74. The molecule has 20 heavy (non-hydrogen) atoms. The van der Waals surface area contributed by atoms with Crippen LogP contribution in [-0.2, 0) is 12.8 Å². The lowest BCUT2D eigenvalue weighted by Gasteiger charge is -2.36. The van der Waals surface area contributed by atoms with E-state index in [-0.39, 0.29) is 0 Å². The number of nitrogens with two attached hydrogens (primary N) is 1. The van der Waals surface area contributed by atoms with E-state index in [0.29, 0.717) is 6.04 Å². The third kappa shape index (κ3) is 2.80. The topological polar surface area (TPSA) is 55.0 Å². The first kappa shape index (κ1) is 13.8. The highest BCUT2D eigenvalue weighted by atomic mass is 15.2. The number of rotatable bonds is 5. The van der Waals surface area contributed by atoms with Crippen molar-refractivity contribution >= 4 is 5.82 Å². The fourth-order valence-electron chi connectivity index (χ4n) is 3.71. The standard InChI is InChI=1S/C16H26N4/c17-10-5-11-20(13-6-2-1-3-7-13)16-14-8-4-9-15(14)18-12-19-16/h12-13H,1-11,17H2. The van der Waals surface area contributed by atoms with Crippen molar-refractivity contribution in [1.29, 1.82) is 0 Å². The zero-order valence-corrected chi connectivity index (χ0v) is 12.4. The molecule has 4 nitrogen and oxygen atoms in total. The van der Waals surface area contributed by atoms with Crippen LogP contribution in [0.4, 0.5) is 5.82 Å². The Morgan fingerprint density at radius 3 is 2.75 bits per heavy atom.